The quantitative estimate of drug-likeness (QED) is 0.267. The van der Waals surface area contributed by atoms with Gasteiger partial charge < -0.3 is 10.3 Å². The summed E-state index contributed by atoms with van der Waals surface area (Å²) in [5.74, 6) is 13.4. The van der Waals surface area contributed by atoms with Crippen molar-refractivity contribution in [3.8, 4) is 23.7 Å². The van der Waals surface area contributed by atoms with Gasteiger partial charge in [0, 0.05) is 45.3 Å². The fourth-order valence-electron chi connectivity index (χ4n) is 4.99. The van der Waals surface area contributed by atoms with Gasteiger partial charge in [0.1, 0.15) is 0 Å². The maximum Gasteiger partial charge on any atom is 0.0525 e. The second-order valence-electron chi connectivity index (χ2n) is 10.5. The van der Waals surface area contributed by atoms with Crippen LogP contribution < -0.4 is 5.32 Å². The number of nitrogens with one attached hydrogen (secondary N) is 2. The van der Waals surface area contributed by atoms with Crippen molar-refractivity contribution in [2.45, 2.75) is 47.6 Å². The highest BCUT2D eigenvalue weighted by Crippen LogP contribution is 2.35. The summed E-state index contributed by atoms with van der Waals surface area (Å²) in [6.45, 7) is 12.8. The summed E-state index contributed by atoms with van der Waals surface area (Å²) in [7, 11) is 0. The molecule has 0 spiro atoms. The Morgan fingerprint density at radius 3 is 1.62 bits per heavy atom. The Kier molecular flexibility index (Phi) is 7.31. The van der Waals surface area contributed by atoms with Gasteiger partial charge in [-0.1, -0.05) is 77.3 Å². The molecule has 1 aliphatic rings. The van der Waals surface area contributed by atoms with Crippen molar-refractivity contribution in [3.05, 3.63) is 146 Å². The van der Waals surface area contributed by atoms with E-state index in [2.05, 4.69) is 154 Å². The van der Waals surface area contributed by atoms with Crippen molar-refractivity contribution in [2.24, 2.45) is 0 Å². The third-order valence-corrected chi connectivity index (χ3v) is 7.16. The number of aryl methyl sites for hydroxylation is 3. The van der Waals surface area contributed by atoms with E-state index in [0.717, 1.165) is 56.0 Å². The normalized spacial score (nSPS) is 15.4. The predicted octanol–water partition coefficient (Wildman–Crippen LogP) is 7.75. The van der Waals surface area contributed by atoms with Crippen LogP contribution in [-0.2, 0) is 0 Å². The monoisotopic (exact) mass is 506 g/mol. The lowest BCUT2D eigenvalue weighted by molar-refractivity contribution is 0.777. The minimum atomic E-state index is 0.284. The van der Waals surface area contributed by atoms with Crippen LogP contribution >= 0.6 is 0 Å². The van der Waals surface area contributed by atoms with Crippen LogP contribution in [0, 0.1) is 51.4 Å². The van der Waals surface area contributed by atoms with Crippen molar-refractivity contribution in [2.75, 3.05) is 0 Å². The van der Waals surface area contributed by atoms with Crippen LogP contribution in [0.1, 0.15) is 69.7 Å². The number of aromatic nitrogens is 1. The standard InChI is InChI=1S/C37H34N2/c1-24-7-11-30(12-8-24)15-16-32-17-20-33(21-18-32)35(36-26(3)23-27(4)38-36)37-28(5)34(29(6)39-37)22-19-31-13-9-25(2)10-14-31/h7-14,17-18,20-21,23,27,38-39H,1-6H3/b36-35-. The molecule has 0 radical (unpaired) electrons. The van der Waals surface area contributed by atoms with E-state index in [-0.39, 0.29) is 6.04 Å². The fourth-order valence-corrected chi connectivity index (χ4v) is 4.99. The van der Waals surface area contributed by atoms with Crippen LogP contribution in [0.25, 0.3) is 5.57 Å². The summed E-state index contributed by atoms with van der Waals surface area (Å²) in [5, 5.41) is 3.69. The molecule has 2 nitrogen and oxygen atoms in total. The molecule has 0 saturated carbocycles. The van der Waals surface area contributed by atoms with Crippen LogP contribution in [0.2, 0.25) is 0 Å². The molecule has 1 atom stereocenters. The fraction of sp³-hybridized carbons (Fsp3) is 0.189. The van der Waals surface area contributed by atoms with Crippen molar-refractivity contribution in [1.82, 2.24) is 10.3 Å². The lowest BCUT2D eigenvalue weighted by atomic mass is 9.94. The Balaban J connectivity index is 1.54. The molecule has 1 unspecified atom stereocenters. The Labute approximate surface area is 232 Å². The molecular formula is C37H34N2. The highest BCUT2D eigenvalue weighted by molar-refractivity contribution is 5.86. The first-order valence-corrected chi connectivity index (χ1v) is 13.5. The number of allylic oxidation sites excluding steroid dienone is 1. The van der Waals surface area contributed by atoms with E-state index in [1.54, 1.807) is 0 Å². The van der Waals surface area contributed by atoms with E-state index >= 15 is 0 Å². The van der Waals surface area contributed by atoms with Gasteiger partial charge in [0.15, 0.2) is 0 Å². The van der Waals surface area contributed by atoms with E-state index < -0.39 is 0 Å². The lowest BCUT2D eigenvalue weighted by Gasteiger charge is -2.16. The molecule has 2 N–H and O–H groups in total. The molecule has 192 valence electrons. The van der Waals surface area contributed by atoms with Gasteiger partial charge in [0.25, 0.3) is 0 Å². The maximum atomic E-state index is 3.69. The second kappa shape index (κ2) is 11.0. The van der Waals surface area contributed by atoms with E-state index in [1.807, 2.05) is 0 Å². The van der Waals surface area contributed by atoms with Crippen molar-refractivity contribution >= 4 is 5.57 Å². The molecule has 0 saturated heterocycles. The number of benzene rings is 3. The smallest absolute Gasteiger partial charge is 0.0525 e. The summed E-state index contributed by atoms with van der Waals surface area (Å²) < 4.78 is 0. The maximum absolute atomic E-state index is 3.69. The minimum absolute atomic E-state index is 0.284. The van der Waals surface area contributed by atoms with Gasteiger partial charge in [-0.2, -0.15) is 0 Å². The zero-order valence-corrected chi connectivity index (χ0v) is 23.6. The minimum Gasteiger partial charge on any atom is -0.378 e. The Morgan fingerprint density at radius 2 is 1.13 bits per heavy atom. The molecule has 0 amide bonds. The first kappa shape index (κ1) is 26.0. The van der Waals surface area contributed by atoms with Crippen molar-refractivity contribution in [1.29, 1.82) is 0 Å². The van der Waals surface area contributed by atoms with E-state index in [1.165, 1.54) is 16.7 Å². The summed E-state index contributed by atoms with van der Waals surface area (Å²) >= 11 is 0. The molecule has 2 heterocycles. The first-order chi connectivity index (χ1) is 18.8. The van der Waals surface area contributed by atoms with Gasteiger partial charge >= 0.3 is 0 Å². The topological polar surface area (TPSA) is 27.8 Å². The first-order valence-electron chi connectivity index (χ1n) is 13.5. The molecule has 5 rings (SSSR count). The SMILES string of the molecule is CC1=CC(C)N/C1=C(/c1ccc(C#Cc2ccc(C)cc2)cc1)c1[nH]c(C)c(C#Cc2ccc(C)cc2)c1C. The average molecular weight is 507 g/mol. The summed E-state index contributed by atoms with van der Waals surface area (Å²) in [6.07, 6.45) is 2.28. The number of hydrogen-bond donors (Lipinski definition) is 2. The molecule has 0 aliphatic carbocycles. The van der Waals surface area contributed by atoms with Crippen LogP contribution in [0.3, 0.4) is 0 Å². The van der Waals surface area contributed by atoms with Gasteiger partial charge in [-0.05, 0) is 94.6 Å². The number of hydrogen-bond acceptors (Lipinski definition) is 1. The molecule has 1 aliphatic heterocycles. The lowest BCUT2D eigenvalue weighted by Crippen LogP contribution is -2.18. The largest absolute Gasteiger partial charge is 0.378 e. The highest BCUT2D eigenvalue weighted by Gasteiger charge is 2.23. The van der Waals surface area contributed by atoms with Gasteiger partial charge in [0.05, 0.1) is 5.69 Å². The van der Waals surface area contributed by atoms with Crippen LogP contribution in [0.5, 0.6) is 0 Å². The van der Waals surface area contributed by atoms with Crippen molar-refractivity contribution < 1.29 is 0 Å². The zero-order valence-electron chi connectivity index (χ0n) is 23.6. The molecule has 0 bridgehead atoms. The average Bonchev–Trinajstić information content (AvgIpc) is 3.40. The number of aromatic amines is 1. The van der Waals surface area contributed by atoms with E-state index in [0.29, 0.717) is 0 Å². The molecule has 1 aromatic heterocycles. The number of H-pyrrole nitrogens is 1. The van der Waals surface area contributed by atoms with Crippen LogP contribution in [-0.4, -0.2) is 11.0 Å². The van der Waals surface area contributed by atoms with Gasteiger partial charge in [-0.3, -0.25) is 0 Å². The third-order valence-electron chi connectivity index (χ3n) is 7.16. The molecular weight excluding hydrogens is 472 g/mol. The summed E-state index contributed by atoms with van der Waals surface area (Å²) in [4.78, 5) is 3.68. The van der Waals surface area contributed by atoms with E-state index in [9.17, 15) is 0 Å². The van der Waals surface area contributed by atoms with E-state index in [4.69, 9.17) is 0 Å². The van der Waals surface area contributed by atoms with Crippen LogP contribution in [0.15, 0.2) is 90.1 Å². The molecule has 0 fully saturated rings. The molecule has 39 heavy (non-hydrogen) atoms. The summed E-state index contributed by atoms with van der Waals surface area (Å²) in [6, 6.07) is 25.5. The van der Waals surface area contributed by atoms with Crippen LogP contribution in [0.4, 0.5) is 0 Å². The Hall–Kier alpha value is -4.66. The third kappa shape index (κ3) is 5.77. The second-order valence-corrected chi connectivity index (χ2v) is 10.5. The summed E-state index contributed by atoms with van der Waals surface area (Å²) in [5.41, 5.74) is 14.6. The Bertz CT molecular complexity index is 1700. The number of rotatable bonds is 2. The van der Waals surface area contributed by atoms with Gasteiger partial charge in [0.2, 0.25) is 0 Å². The zero-order chi connectivity index (χ0) is 27.5. The molecule has 4 aromatic rings. The van der Waals surface area contributed by atoms with Crippen molar-refractivity contribution in [3.63, 3.8) is 0 Å². The predicted molar refractivity (Wildman–Crippen MR) is 163 cm³/mol. The van der Waals surface area contributed by atoms with Gasteiger partial charge in [-0.15, -0.1) is 0 Å². The Morgan fingerprint density at radius 1 is 0.641 bits per heavy atom. The molecule has 2 heteroatoms. The molecule has 3 aromatic carbocycles. The highest BCUT2D eigenvalue weighted by atomic mass is 14.9. The van der Waals surface area contributed by atoms with Gasteiger partial charge in [-0.25, -0.2) is 0 Å².